The van der Waals surface area contributed by atoms with Crippen LogP contribution < -0.4 is 5.32 Å². The molecule has 2 saturated heterocycles. The van der Waals surface area contributed by atoms with E-state index < -0.39 is 0 Å². The monoisotopic (exact) mass is 414 g/mol. The Balaban J connectivity index is 1.22. The number of pyridine rings is 1. The summed E-state index contributed by atoms with van der Waals surface area (Å²) in [6.07, 6.45) is 6.57. The van der Waals surface area contributed by atoms with Crippen LogP contribution in [0.2, 0.25) is 0 Å². The van der Waals surface area contributed by atoms with E-state index in [2.05, 4.69) is 15.2 Å². The van der Waals surface area contributed by atoms with Gasteiger partial charge in [0.2, 0.25) is 5.91 Å². The molecule has 4 rings (SSSR count). The predicted molar refractivity (Wildman–Crippen MR) is 114 cm³/mol. The number of nitrogens with one attached hydrogen (secondary N) is 1. The number of morpholine rings is 1. The van der Waals surface area contributed by atoms with Gasteiger partial charge in [-0.05, 0) is 76.1 Å². The van der Waals surface area contributed by atoms with Gasteiger partial charge in [-0.3, -0.25) is 14.6 Å². The zero-order valence-corrected chi connectivity index (χ0v) is 18.2. The molecule has 30 heavy (non-hydrogen) atoms. The van der Waals surface area contributed by atoms with E-state index in [9.17, 15) is 9.59 Å². The fourth-order valence-electron chi connectivity index (χ4n) is 4.39. The second kappa shape index (κ2) is 9.43. The Labute approximate surface area is 179 Å². The number of ether oxygens (including phenoxy) is 1. The normalized spacial score (nSPS) is 23.6. The van der Waals surface area contributed by atoms with E-state index in [1.165, 1.54) is 32.2 Å². The van der Waals surface area contributed by atoms with Gasteiger partial charge in [-0.25, -0.2) is 0 Å². The van der Waals surface area contributed by atoms with Gasteiger partial charge in [0.25, 0.3) is 5.91 Å². The van der Waals surface area contributed by atoms with Gasteiger partial charge in [0.1, 0.15) is 6.61 Å². The molecule has 2 aliphatic heterocycles. The number of carbonyl (C=O) groups is 2. The average Bonchev–Trinajstić information content (AvgIpc) is 3.56. The van der Waals surface area contributed by atoms with Crippen molar-refractivity contribution in [3.63, 3.8) is 0 Å². The van der Waals surface area contributed by atoms with Gasteiger partial charge < -0.3 is 19.9 Å². The highest BCUT2D eigenvalue weighted by Gasteiger charge is 2.31. The maximum atomic E-state index is 12.4. The summed E-state index contributed by atoms with van der Waals surface area (Å²) in [7, 11) is 0. The van der Waals surface area contributed by atoms with Crippen molar-refractivity contribution < 1.29 is 14.3 Å². The molecule has 164 valence electrons. The number of aromatic nitrogens is 1. The Hall–Kier alpha value is -1.99. The lowest BCUT2D eigenvalue weighted by Gasteiger charge is -2.38. The molecule has 1 atom stereocenters. The lowest BCUT2D eigenvalue weighted by molar-refractivity contribution is -0.149. The Bertz CT molecular complexity index is 772. The average molecular weight is 415 g/mol. The van der Waals surface area contributed by atoms with Crippen molar-refractivity contribution in [1.29, 1.82) is 0 Å². The van der Waals surface area contributed by atoms with Gasteiger partial charge in [-0.2, -0.15) is 0 Å². The van der Waals surface area contributed by atoms with E-state index in [4.69, 9.17) is 4.74 Å². The van der Waals surface area contributed by atoms with Gasteiger partial charge in [-0.1, -0.05) is 0 Å². The third-order valence-corrected chi connectivity index (χ3v) is 6.71. The van der Waals surface area contributed by atoms with Crippen molar-refractivity contribution in [2.24, 2.45) is 11.8 Å². The highest BCUT2D eigenvalue weighted by Crippen LogP contribution is 2.31. The van der Waals surface area contributed by atoms with E-state index in [1.54, 1.807) is 6.20 Å². The largest absolute Gasteiger partial charge is 0.365 e. The first-order chi connectivity index (χ1) is 14.5. The molecular weight excluding hydrogens is 380 g/mol. The van der Waals surface area contributed by atoms with Gasteiger partial charge in [0.05, 0.1) is 11.7 Å². The molecule has 0 radical (unpaired) electrons. The van der Waals surface area contributed by atoms with E-state index in [-0.39, 0.29) is 24.5 Å². The van der Waals surface area contributed by atoms with Gasteiger partial charge in [0, 0.05) is 38.1 Å². The molecule has 1 unspecified atom stereocenters. The predicted octanol–water partition coefficient (Wildman–Crippen LogP) is 1.78. The van der Waals surface area contributed by atoms with Crippen LogP contribution in [0.15, 0.2) is 12.3 Å². The third-order valence-electron chi connectivity index (χ3n) is 6.71. The van der Waals surface area contributed by atoms with Crippen LogP contribution in [0, 0.1) is 25.7 Å². The zero-order valence-electron chi connectivity index (χ0n) is 18.2. The molecule has 0 spiro atoms. The number of hydrogen-bond donors (Lipinski definition) is 1. The van der Waals surface area contributed by atoms with Crippen LogP contribution >= 0.6 is 0 Å². The second-order valence-electron chi connectivity index (χ2n) is 9.26. The molecule has 3 aliphatic rings. The number of likely N-dealkylation sites (tertiary alicyclic amines) is 1. The van der Waals surface area contributed by atoms with Crippen molar-refractivity contribution >= 4 is 11.8 Å². The molecule has 0 bridgehead atoms. The summed E-state index contributed by atoms with van der Waals surface area (Å²) in [6, 6.07) is 1.85. The van der Waals surface area contributed by atoms with Crippen LogP contribution in [0.5, 0.6) is 0 Å². The van der Waals surface area contributed by atoms with E-state index in [0.29, 0.717) is 24.6 Å². The summed E-state index contributed by atoms with van der Waals surface area (Å²) in [4.78, 5) is 33.6. The Morgan fingerprint density at radius 2 is 1.90 bits per heavy atom. The summed E-state index contributed by atoms with van der Waals surface area (Å²) in [5, 5.41) is 2.94. The minimum atomic E-state index is -0.166. The number of rotatable bonds is 7. The van der Waals surface area contributed by atoms with E-state index >= 15 is 0 Å². The topological polar surface area (TPSA) is 74.8 Å². The van der Waals surface area contributed by atoms with Crippen LogP contribution in [0.25, 0.3) is 0 Å². The van der Waals surface area contributed by atoms with Gasteiger partial charge >= 0.3 is 0 Å². The summed E-state index contributed by atoms with van der Waals surface area (Å²) >= 11 is 0. The van der Waals surface area contributed by atoms with Crippen LogP contribution in [0.3, 0.4) is 0 Å². The lowest BCUT2D eigenvalue weighted by atomic mass is 9.95. The lowest BCUT2D eigenvalue weighted by Crippen LogP contribution is -2.52. The van der Waals surface area contributed by atoms with Crippen LogP contribution in [-0.4, -0.2) is 78.6 Å². The number of aryl methyl sites for hydroxylation is 2. The number of piperidine rings is 1. The summed E-state index contributed by atoms with van der Waals surface area (Å²) in [6.45, 7) is 9.31. The smallest absolute Gasteiger partial charge is 0.252 e. The minimum Gasteiger partial charge on any atom is -0.365 e. The Kier molecular flexibility index (Phi) is 6.68. The molecule has 2 amide bonds. The summed E-state index contributed by atoms with van der Waals surface area (Å²) < 4.78 is 5.68. The molecule has 1 aromatic rings. The molecule has 1 N–H and O–H groups in total. The fraction of sp³-hybridized carbons (Fsp3) is 0.696. The number of nitrogens with zero attached hydrogens (tertiary/aromatic N) is 3. The number of carbonyl (C=O) groups excluding carboxylic acids is 2. The second-order valence-corrected chi connectivity index (χ2v) is 9.26. The number of hydrogen-bond acceptors (Lipinski definition) is 5. The molecular formula is C23H34N4O3. The van der Waals surface area contributed by atoms with E-state index in [0.717, 1.165) is 36.8 Å². The van der Waals surface area contributed by atoms with Crippen LogP contribution in [0.4, 0.5) is 0 Å². The summed E-state index contributed by atoms with van der Waals surface area (Å²) in [5.41, 5.74) is 2.48. The first-order valence-corrected chi connectivity index (χ1v) is 11.3. The van der Waals surface area contributed by atoms with Crippen molar-refractivity contribution in [3.8, 4) is 0 Å². The van der Waals surface area contributed by atoms with Gasteiger partial charge in [0.15, 0.2) is 0 Å². The fourth-order valence-corrected chi connectivity index (χ4v) is 4.39. The molecule has 7 heteroatoms. The maximum absolute atomic E-state index is 12.4. The third kappa shape index (κ3) is 5.58. The molecule has 0 aromatic carbocycles. The van der Waals surface area contributed by atoms with Gasteiger partial charge in [-0.15, -0.1) is 0 Å². The first kappa shape index (κ1) is 21.2. The molecule has 1 saturated carbocycles. The van der Waals surface area contributed by atoms with Crippen LogP contribution in [0.1, 0.15) is 47.3 Å². The standard InChI is InChI=1S/C23H34N4O3/c1-16-9-20(10-24-17(16)2)23(29)25-11-21-14-27(22(28)15-30-21)13-19-5-7-26(8-6-19)12-18-3-4-18/h9-10,18-19,21H,3-8,11-15H2,1-2H3,(H,25,29). The molecule has 1 aromatic heterocycles. The van der Waals surface area contributed by atoms with Crippen molar-refractivity contribution in [1.82, 2.24) is 20.1 Å². The number of amides is 2. The summed E-state index contributed by atoms with van der Waals surface area (Å²) in [5.74, 6) is 1.43. The molecule has 3 heterocycles. The van der Waals surface area contributed by atoms with E-state index in [1.807, 2.05) is 24.8 Å². The molecule has 7 nitrogen and oxygen atoms in total. The van der Waals surface area contributed by atoms with Crippen molar-refractivity contribution in [2.75, 3.05) is 45.9 Å². The minimum absolute atomic E-state index is 0.0661. The molecule has 3 fully saturated rings. The van der Waals surface area contributed by atoms with Crippen LogP contribution in [-0.2, 0) is 9.53 Å². The Morgan fingerprint density at radius 1 is 1.17 bits per heavy atom. The quantitative estimate of drug-likeness (QED) is 0.736. The van der Waals surface area contributed by atoms with Crippen molar-refractivity contribution in [3.05, 3.63) is 29.1 Å². The highest BCUT2D eigenvalue weighted by molar-refractivity contribution is 5.94. The highest BCUT2D eigenvalue weighted by atomic mass is 16.5. The Morgan fingerprint density at radius 3 is 2.60 bits per heavy atom. The maximum Gasteiger partial charge on any atom is 0.252 e. The zero-order chi connectivity index (χ0) is 21.1. The first-order valence-electron chi connectivity index (χ1n) is 11.3. The van der Waals surface area contributed by atoms with Crippen molar-refractivity contribution in [2.45, 2.75) is 45.6 Å². The SMILES string of the molecule is Cc1cc(C(=O)NCC2CN(CC3CCN(CC4CC4)CC3)C(=O)CO2)cnc1C. The molecule has 1 aliphatic carbocycles.